The lowest BCUT2D eigenvalue weighted by atomic mass is 9.97. The third kappa shape index (κ3) is 5.11. The summed E-state index contributed by atoms with van der Waals surface area (Å²) in [5.41, 5.74) is 2.91. The second-order valence-electron chi connectivity index (χ2n) is 7.15. The first-order valence-corrected chi connectivity index (χ1v) is 10.1. The molecule has 154 valence electrons. The van der Waals surface area contributed by atoms with Gasteiger partial charge in [-0.15, -0.1) is 0 Å². The molecule has 0 bridgehead atoms. The zero-order chi connectivity index (χ0) is 21.5. The minimum absolute atomic E-state index is 0.258. The van der Waals surface area contributed by atoms with Gasteiger partial charge < -0.3 is 10.6 Å². The van der Waals surface area contributed by atoms with Crippen LogP contribution in [-0.2, 0) is 22.6 Å². The van der Waals surface area contributed by atoms with Crippen LogP contribution >= 0.6 is 0 Å². The van der Waals surface area contributed by atoms with Gasteiger partial charge in [0.2, 0.25) is 11.8 Å². The molecule has 0 saturated heterocycles. The van der Waals surface area contributed by atoms with Crippen molar-refractivity contribution in [2.45, 2.75) is 13.0 Å². The van der Waals surface area contributed by atoms with E-state index in [1.165, 1.54) is 0 Å². The quantitative estimate of drug-likeness (QED) is 0.455. The number of nitrogens with zero attached hydrogens (tertiary/aromatic N) is 2. The van der Waals surface area contributed by atoms with Gasteiger partial charge in [0.1, 0.15) is 5.92 Å². The van der Waals surface area contributed by atoms with Crippen LogP contribution in [0.15, 0.2) is 91.3 Å². The molecule has 0 spiro atoms. The molecule has 0 radical (unpaired) electrons. The molecule has 6 nitrogen and oxygen atoms in total. The Morgan fingerprint density at radius 2 is 1.55 bits per heavy atom. The van der Waals surface area contributed by atoms with Crippen molar-refractivity contribution in [2.75, 3.05) is 5.32 Å². The van der Waals surface area contributed by atoms with Gasteiger partial charge in [-0.2, -0.15) is 0 Å². The first kappa shape index (κ1) is 20.2. The van der Waals surface area contributed by atoms with E-state index in [1.54, 1.807) is 18.5 Å². The summed E-state index contributed by atoms with van der Waals surface area (Å²) in [6.07, 6.45) is 3.64. The lowest BCUT2D eigenvalue weighted by molar-refractivity contribution is -0.132. The SMILES string of the molecule is O=C(NCc1ccccn1)C(Cc1ccccc1)C(=O)Nc1cccc2cccnc12. The Labute approximate surface area is 180 Å². The van der Waals surface area contributed by atoms with Crippen molar-refractivity contribution >= 4 is 28.4 Å². The Morgan fingerprint density at radius 3 is 2.35 bits per heavy atom. The van der Waals surface area contributed by atoms with Crippen LogP contribution in [0.25, 0.3) is 10.9 Å². The average molecular weight is 410 g/mol. The van der Waals surface area contributed by atoms with Gasteiger partial charge in [-0.3, -0.25) is 19.6 Å². The second-order valence-corrected chi connectivity index (χ2v) is 7.15. The number of benzene rings is 2. The first-order chi connectivity index (χ1) is 15.2. The maximum absolute atomic E-state index is 13.2. The first-order valence-electron chi connectivity index (χ1n) is 10.1. The minimum atomic E-state index is -0.898. The summed E-state index contributed by atoms with van der Waals surface area (Å²) in [6.45, 7) is 0.258. The third-order valence-corrected chi connectivity index (χ3v) is 4.98. The molecule has 2 aromatic carbocycles. The molecule has 0 saturated carbocycles. The van der Waals surface area contributed by atoms with E-state index in [1.807, 2.05) is 72.8 Å². The van der Waals surface area contributed by atoms with Crippen LogP contribution < -0.4 is 10.6 Å². The predicted octanol–water partition coefficient (Wildman–Crippen LogP) is 3.74. The van der Waals surface area contributed by atoms with Crippen LogP contribution in [0.2, 0.25) is 0 Å². The van der Waals surface area contributed by atoms with Gasteiger partial charge in [0.25, 0.3) is 0 Å². The number of para-hydroxylation sites is 1. The van der Waals surface area contributed by atoms with E-state index in [-0.39, 0.29) is 18.4 Å². The van der Waals surface area contributed by atoms with Crippen molar-refractivity contribution in [3.05, 3.63) is 103 Å². The van der Waals surface area contributed by atoms with Crippen LogP contribution in [0.1, 0.15) is 11.3 Å². The lowest BCUT2D eigenvalue weighted by Gasteiger charge is -2.17. The van der Waals surface area contributed by atoms with E-state index in [0.29, 0.717) is 17.6 Å². The number of aromatic nitrogens is 2. The summed E-state index contributed by atoms with van der Waals surface area (Å²) in [5.74, 6) is -1.62. The van der Waals surface area contributed by atoms with E-state index >= 15 is 0 Å². The molecule has 1 atom stereocenters. The summed E-state index contributed by atoms with van der Waals surface area (Å²) in [6, 6.07) is 24.4. The van der Waals surface area contributed by atoms with Gasteiger partial charge in [0, 0.05) is 17.8 Å². The molecular weight excluding hydrogens is 388 g/mol. The van der Waals surface area contributed by atoms with Crippen LogP contribution in [-0.4, -0.2) is 21.8 Å². The Balaban J connectivity index is 1.55. The number of amides is 2. The zero-order valence-electron chi connectivity index (χ0n) is 16.9. The molecule has 6 heteroatoms. The summed E-state index contributed by atoms with van der Waals surface area (Å²) < 4.78 is 0. The van der Waals surface area contributed by atoms with E-state index in [2.05, 4.69) is 20.6 Å². The molecule has 0 fully saturated rings. The summed E-state index contributed by atoms with van der Waals surface area (Å²) in [5, 5.41) is 6.67. The molecule has 2 N–H and O–H groups in total. The Hall–Kier alpha value is -4.06. The normalized spacial score (nSPS) is 11.6. The molecule has 2 heterocycles. The van der Waals surface area contributed by atoms with Crippen molar-refractivity contribution in [1.29, 1.82) is 0 Å². The standard InChI is InChI=1S/C25H22N4O2/c30-24(28-17-20-12-4-5-14-26-20)21(16-18-8-2-1-3-9-18)25(31)29-22-13-6-10-19-11-7-15-27-23(19)22/h1-15,21H,16-17H2,(H,28,30)(H,29,31). The Bertz CT molecular complexity index is 1170. The van der Waals surface area contributed by atoms with Crippen LogP contribution in [0.5, 0.6) is 0 Å². The highest BCUT2D eigenvalue weighted by Gasteiger charge is 2.27. The smallest absolute Gasteiger partial charge is 0.237 e. The number of nitrogens with one attached hydrogen (secondary N) is 2. The number of fused-ring (bicyclic) bond motifs is 1. The molecule has 2 aromatic heterocycles. The molecular formula is C25H22N4O2. The number of hydrogen-bond donors (Lipinski definition) is 2. The third-order valence-electron chi connectivity index (χ3n) is 4.98. The van der Waals surface area contributed by atoms with Crippen molar-refractivity contribution in [3.8, 4) is 0 Å². The number of hydrogen-bond acceptors (Lipinski definition) is 4. The summed E-state index contributed by atoms with van der Waals surface area (Å²) in [4.78, 5) is 34.8. The zero-order valence-corrected chi connectivity index (χ0v) is 16.9. The highest BCUT2D eigenvalue weighted by molar-refractivity contribution is 6.09. The largest absolute Gasteiger partial charge is 0.350 e. The average Bonchev–Trinajstić information content (AvgIpc) is 2.82. The molecule has 31 heavy (non-hydrogen) atoms. The highest BCUT2D eigenvalue weighted by Crippen LogP contribution is 2.22. The van der Waals surface area contributed by atoms with Gasteiger partial charge in [-0.1, -0.05) is 54.6 Å². The molecule has 0 aliphatic rings. The Morgan fingerprint density at radius 1 is 0.774 bits per heavy atom. The number of rotatable bonds is 7. The van der Waals surface area contributed by atoms with Crippen molar-refractivity contribution in [3.63, 3.8) is 0 Å². The minimum Gasteiger partial charge on any atom is -0.350 e. The molecule has 0 aliphatic carbocycles. The van der Waals surface area contributed by atoms with Gasteiger partial charge in [0.15, 0.2) is 0 Å². The van der Waals surface area contributed by atoms with E-state index in [9.17, 15) is 9.59 Å². The molecule has 0 aliphatic heterocycles. The van der Waals surface area contributed by atoms with Crippen molar-refractivity contribution in [1.82, 2.24) is 15.3 Å². The topological polar surface area (TPSA) is 84.0 Å². The maximum Gasteiger partial charge on any atom is 0.237 e. The number of pyridine rings is 2. The molecule has 4 aromatic rings. The van der Waals surface area contributed by atoms with Crippen molar-refractivity contribution < 1.29 is 9.59 Å². The number of anilines is 1. The predicted molar refractivity (Wildman–Crippen MR) is 120 cm³/mol. The molecule has 4 rings (SSSR count). The lowest BCUT2D eigenvalue weighted by Crippen LogP contribution is -2.39. The fourth-order valence-corrected chi connectivity index (χ4v) is 3.38. The number of carbonyl (C=O) groups is 2. The summed E-state index contributed by atoms with van der Waals surface area (Å²) >= 11 is 0. The van der Waals surface area contributed by atoms with E-state index in [4.69, 9.17) is 0 Å². The Kier molecular flexibility index (Phi) is 6.28. The van der Waals surface area contributed by atoms with Crippen LogP contribution in [0.4, 0.5) is 5.69 Å². The highest BCUT2D eigenvalue weighted by atomic mass is 16.2. The fourth-order valence-electron chi connectivity index (χ4n) is 3.38. The van der Waals surface area contributed by atoms with Gasteiger partial charge in [-0.25, -0.2) is 0 Å². The van der Waals surface area contributed by atoms with Gasteiger partial charge >= 0.3 is 0 Å². The second kappa shape index (κ2) is 9.63. The monoisotopic (exact) mass is 410 g/mol. The molecule has 1 unspecified atom stereocenters. The van der Waals surface area contributed by atoms with Gasteiger partial charge in [0.05, 0.1) is 23.4 Å². The van der Waals surface area contributed by atoms with Gasteiger partial charge in [-0.05, 0) is 36.2 Å². The van der Waals surface area contributed by atoms with Crippen LogP contribution in [0, 0.1) is 5.92 Å². The van der Waals surface area contributed by atoms with Crippen molar-refractivity contribution in [2.24, 2.45) is 5.92 Å². The summed E-state index contributed by atoms with van der Waals surface area (Å²) in [7, 11) is 0. The fraction of sp³-hybridized carbons (Fsp3) is 0.120. The van der Waals surface area contributed by atoms with Crippen LogP contribution in [0.3, 0.4) is 0 Å². The van der Waals surface area contributed by atoms with E-state index < -0.39 is 5.92 Å². The van der Waals surface area contributed by atoms with E-state index in [0.717, 1.165) is 16.6 Å². The number of carbonyl (C=O) groups excluding carboxylic acids is 2. The molecule has 2 amide bonds. The maximum atomic E-state index is 13.2.